The van der Waals surface area contributed by atoms with E-state index in [1.165, 1.54) is 89.9 Å². The van der Waals surface area contributed by atoms with Crippen LogP contribution in [-0.4, -0.2) is 31.1 Å². The molecule has 1 N–H and O–H groups in total. The molecular formula is C23H49ClN2O. The molecule has 0 bridgehead atoms. The van der Waals surface area contributed by atoms with Gasteiger partial charge in [-0.2, -0.15) is 0 Å². The number of hydrogen-bond donors (Lipinski definition) is 1. The summed E-state index contributed by atoms with van der Waals surface area (Å²) in [5.41, 5.74) is 0. The van der Waals surface area contributed by atoms with Crippen LogP contribution in [0.25, 0.3) is 0 Å². The molecule has 0 heterocycles. The van der Waals surface area contributed by atoms with Crippen LogP contribution in [0.3, 0.4) is 0 Å². The van der Waals surface area contributed by atoms with E-state index in [4.69, 9.17) is 0 Å². The Hall–Kier alpha value is -0.280. The van der Waals surface area contributed by atoms with Crippen LogP contribution in [0, 0.1) is 0 Å². The minimum Gasteiger partial charge on any atom is -0.341 e. The Morgan fingerprint density at radius 1 is 0.704 bits per heavy atom. The van der Waals surface area contributed by atoms with Crippen molar-refractivity contribution in [1.82, 2.24) is 10.2 Å². The Kier molecular flexibility index (Phi) is 23.6. The van der Waals surface area contributed by atoms with Crippen molar-refractivity contribution in [3.63, 3.8) is 0 Å². The van der Waals surface area contributed by atoms with Crippen LogP contribution in [0.1, 0.15) is 123 Å². The molecule has 0 radical (unpaired) electrons. The van der Waals surface area contributed by atoms with Gasteiger partial charge in [-0.25, -0.2) is 0 Å². The largest absolute Gasteiger partial charge is 0.341 e. The number of nitrogens with zero attached hydrogens (tertiary/aromatic N) is 1. The zero-order chi connectivity index (χ0) is 19.5. The molecule has 27 heavy (non-hydrogen) atoms. The maximum absolute atomic E-state index is 11.9. The van der Waals surface area contributed by atoms with Crippen molar-refractivity contribution in [2.24, 2.45) is 0 Å². The molecule has 0 aliphatic carbocycles. The molecule has 1 unspecified atom stereocenters. The highest BCUT2D eigenvalue weighted by Gasteiger charge is 2.11. The lowest BCUT2D eigenvalue weighted by molar-refractivity contribution is -0.123. The van der Waals surface area contributed by atoms with Gasteiger partial charge in [-0.1, -0.05) is 104 Å². The van der Waals surface area contributed by atoms with Crippen molar-refractivity contribution in [1.29, 1.82) is 0 Å². The molecule has 1 atom stereocenters. The van der Waals surface area contributed by atoms with E-state index in [1.807, 2.05) is 14.1 Å². The Labute approximate surface area is 176 Å². The molecule has 3 nitrogen and oxygen atoms in total. The molecule has 0 aromatic rings. The van der Waals surface area contributed by atoms with Crippen LogP contribution >= 0.6 is 12.4 Å². The van der Waals surface area contributed by atoms with Crippen molar-refractivity contribution >= 4 is 18.3 Å². The van der Waals surface area contributed by atoms with Crippen LogP contribution in [0.4, 0.5) is 0 Å². The summed E-state index contributed by atoms with van der Waals surface area (Å²) in [6, 6.07) is 0. The van der Waals surface area contributed by atoms with Gasteiger partial charge in [0.1, 0.15) is 0 Å². The first-order valence-electron chi connectivity index (χ1n) is 11.6. The molecule has 0 spiro atoms. The molecule has 0 aromatic heterocycles. The highest BCUT2D eigenvalue weighted by atomic mass is 35.5. The first kappa shape index (κ1) is 28.9. The van der Waals surface area contributed by atoms with Gasteiger partial charge in [0.25, 0.3) is 0 Å². The summed E-state index contributed by atoms with van der Waals surface area (Å²) < 4.78 is 0. The molecule has 0 aliphatic rings. The zero-order valence-corrected chi connectivity index (χ0v) is 19.7. The highest BCUT2D eigenvalue weighted by molar-refractivity contribution is 5.85. The average Bonchev–Trinajstić information content (AvgIpc) is 2.62. The maximum atomic E-state index is 11.9. The second kappa shape index (κ2) is 22.0. The molecule has 164 valence electrons. The van der Waals surface area contributed by atoms with Gasteiger partial charge >= 0.3 is 0 Å². The average molecular weight is 405 g/mol. The van der Waals surface area contributed by atoms with Crippen LogP contribution in [0.2, 0.25) is 0 Å². The summed E-state index contributed by atoms with van der Waals surface area (Å²) in [6.45, 7) is 4.39. The fourth-order valence-corrected chi connectivity index (χ4v) is 3.51. The second-order valence-electron chi connectivity index (χ2n) is 8.15. The number of carbonyl (C=O) groups is 1. The minimum absolute atomic E-state index is 0. The van der Waals surface area contributed by atoms with Gasteiger partial charge in [0.2, 0.25) is 5.91 Å². The van der Waals surface area contributed by atoms with Gasteiger partial charge in [0, 0.05) is 6.42 Å². The number of unbranched alkanes of at least 4 members (excludes halogenated alkanes) is 14. The number of halogens is 1. The van der Waals surface area contributed by atoms with Gasteiger partial charge in [0.15, 0.2) is 0 Å². The molecule has 0 rings (SSSR count). The van der Waals surface area contributed by atoms with E-state index in [-0.39, 0.29) is 24.5 Å². The third-order valence-electron chi connectivity index (χ3n) is 5.35. The maximum Gasteiger partial charge on any atom is 0.221 e. The van der Waals surface area contributed by atoms with E-state index < -0.39 is 0 Å². The van der Waals surface area contributed by atoms with Crippen molar-refractivity contribution in [2.75, 3.05) is 14.1 Å². The Morgan fingerprint density at radius 3 is 1.41 bits per heavy atom. The highest BCUT2D eigenvalue weighted by Crippen LogP contribution is 2.13. The van der Waals surface area contributed by atoms with E-state index in [0.717, 1.165) is 12.8 Å². The molecule has 0 saturated carbocycles. The van der Waals surface area contributed by atoms with Gasteiger partial charge in [-0.3, -0.25) is 9.69 Å². The van der Waals surface area contributed by atoms with Gasteiger partial charge in [0.05, 0.1) is 6.17 Å². The SMILES string of the molecule is CCCCCCCCCCCCCCCCCC(=O)NC(CC)N(C)C.Cl. The molecule has 1 amide bonds. The summed E-state index contributed by atoms with van der Waals surface area (Å²) in [7, 11) is 4.03. The Balaban J connectivity index is 0. The number of hydrogen-bond acceptors (Lipinski definition) is 2. The summed E-state index contributed by atoms with van der Waals surface area (Å²) >= 11 is 0. The predicted molar refractivity (Wildman–Crippen MR) is 123 cm³/mol. The first-order chi connectivity index (χ1) is 12.6. The molecule has 0 aromatic carbocycles. The fourth-order valence-electron chi connectivity index (χ4n) is 3.51. The summed E-state index contributed by atoms with van der Waals surface area (Å²) in [4.78, 5) is 14.0. The number of carbonyl (C=O) groups excluding carboxylic acids is 1. The zero-order valence-electron chi connectivity index (χ0n) is 18.9. The Morgan fingerprint density at radius 2 is 1.07 bits per heavy atom. The smallest absolute Gasteiger partial charge is 0.221 e. The van der Waals surface area contributed by atoms with Gasteiger partial charge < -0.3 is 5.32 Å². The van der Waals surface area contributed by atoms with Crippen LogP contribution in [0.5, 0.6) is 0 Å². The normalized spacial score (nSPS) is 12.0. The lowest BCUT2D eigenvalue weighted by atomic mass is 10.0. The van der Waals surface area contributed by atoms with Crippen molar-refractivity contribution in [3.8, 4) is 0 Å². The van der Waals surface area contributed by atoms with E-state index in [1.54, 1.807) is 0 Å². The summed E-state index contributed by atoms with van der Waals surface area (Å²) in [6.07, 6.45) is 22.3. The van der Waals surface area contributed by atoms with E-state index in [9.17, 15) is 4.79 Å². The molecule has 0 saturated heterocycles. The van der Waals surface area contributed by atoms with E-state index in [0.29, 0.717) is 6.42 Å². The van der Waals surface area contributed by atoms with Crippen molar-refractivity contribution in [2.45, 2.75) is 129 Å². The molecular weight excluding hydrogens is 356 g/mol. The van der Waals surface area contributed by atoms with E-state index >= 15 is 0 Å². The number of amides is 1. The van der Waals surface area contributed by atoms with Gasteiger partial charge in [-0.15, -0.1) is 12.4 Å². The first-order valence-corrected chi connectivity index (χ1v) is 11.6. The topological polar surface area (TPSA) is 32.3 Å². The third kappa shape index (κ3) is 20.3. The molecule has 0 aliphatic heterocycles. The minimum atomic E-state index is 0. The lowest BCUT2D eigenvalue weighted by Crippen LogP contribution is -2.44. The monoisotopic (exact) mass is 404 g/mol. The van der Waals surface area contributed by atoms with Crippen molar-refractivity contribution < 1.29 is 4.79 Å². The molecule has 0 fully saturated rings. The third-order valence-corrected chi connectivity index (χ3v) is 5.35. The van der Waals surface area contributed by atoms with Gasteiger partial charge in [-0.05, 0) is 26.9 Å². The summed E-state index contributed by atoms with van der Waals surface area (Å²) in [5, 5.41) is 3.10. The standard InChI is InChI=1S/C23H48N2O.ClH/c1-5-7-8-9-10-11-12-13-14-15-16-17-18-19-20-21-23(26)24-22(6-2)25(3)4;/h22H,5-21H2,1-4H3,(H,24,26);1H. The Bertz CT molecular complexity index is 311. The second-order valence-corrected chi connectivity index (χ2v) is 8.15. The van der Waals surface area contributed by atoms with Crippen molar-refractivity contribution in [3.05, 3.63) is 0 Å². The lowest BCUT2D eigenvalue weighted by Gasteiger charge is -2.23. The molecule has 4 heteroatoms. The quantitative estimate of drug-likeness (QED) is 0.184. The predicted octanol–water partition coefficient (Wildman–Crippen LogP) is 7.08. The summed E-state index contributed by atoms with van der Waals surface area (Å²) in [5.74, 6) is 0.209. The van der Waals surface area contributed by atoms with Crippen LogP contribution in [-0.2, 0) is 4.79 Å². The number of nitrogens with one attached hydrogen (secondary N) is 1. The van der Waals surface area contributed by atoms with E-state index in [2.05, 4.69) is 24.1 Å². The van der Waals surface area contributed by atoms with Crippen LogP contribution in [0.15, 0.2) is 0 Å². The van der Waals surface area contributed by atoms with Crippen LogP contribution < -0.4 is 5.32 Å². The number of rotatable bonds is 19. The fraction of sp³-hybridized carbons (Fsp3) is 0.957.